The number of anilines is 1. The first-order valence-corrected chi connectivity index (χ1v) is 14.1. The first-order chi connectivity index (χ1) is 19.5. The first-order valence-electron chi connectivity index (χ1n) is 11.8. The second kappa shape index (κ2) is 10.8. The Bertz CT molecular complexity index is 2060. The van der Waals surface area contributed by atoms with Crippen molar-refractivity contribution in [2.45, 2.75) is 18.6 Å². The summed E-state index contributed by atoms with van der Waals surface area (Å²) in [7, 11) is -2.93. The monoisotopic (exact) mass is 614 g/mol. The average molecular weight is 615 g/mol. The Morgan fingerprint density at radius 3 is 2.41 bits per heavy atom. The van der Waals surface area contributed by atoms with Crippen molar-refractivity contribution >= 4 is 55.8 Å². The van der Waals surface area contributed by atoms with E-state index in [0.717, 1.165) is 16.8 Å². The molecule has 5 aromatic rings. The SMILES string of the molecule is Cc1c(NS(=O)(=O)c2cc(C(=O)OCn3nnc4ccccc4c3=O)cc(Cl)c2Cl)c(=O)n(-c2ccccc2)n1C. The van der Waals surface area contributed by atoms with Crippen LogP contribution in [0.3, 0.4) is 0 Å². The van der Waals surface area contributed by atoms with Crippen molar-refractivity contribution in [1.82, 2.24) is 24.4 Å². The lowest BCUT2D eigenvalue weighted by molar-refractivity contribution is 0.0336. The summed E-state index contributed by atoms with van der Waals surface area (Å²) in [5.74, 6) is -1.01. The summed E-state index contributed by atoms with van der Waals surface area (Å²) in [6, 6.07) is 17.3. The predicted octanol–water partition coefficient (Wildman–Crippen LogP) is 3.51. The second-order valence-electron chi connectivity index (χ2n) is 8.78. The maximum absolute atomic E-state index is 13.4. The highest BCUT2D eigenvalue weighted by Crippen LogP contribution is 2.32. The van der Waals surface area contributed by atoms with E-state index in [4.69, 9.17) is 27.9 Å². The van der Waals surface area contributed by atoms with Gasteiger partial charge in [-0.25, -0.2) is 17.9 Å². The minimum absolute atomic E-state index is 0.217. The molecule has 2 heterocycles. The van der Waals surface area contributed by atoms with Crippen LogP contribution in [-0.4, -0.2) is 38.7 Å². The molecule has 5 rings (SSSR count). The van der Waals surface area contributed by atoms with E-state index >= 15 is 0 Å². The van der Waals surface area contributed by atoms with Crippen molar-refractivity contribution in [2.24, 2.45) is 7.05 Å². The number of esters is 1. The van der Waals surface area contributed by atoms with Gasteiger partial charge in [0.2, 0.25) is 0 Å². The highest BCUT2D eigenvalue weighted by molar-refractivity contribution is 7.92. The van der Waals surface area contributed by atoms with Crippen LogP contribution in [0, 0.1) is 6.92 Å². The molecule has 41 heavy (non-hydrogen) atoms. The van der Waals surface area contributed by atoms with E-state index < -0.39 is 38.7 Å². The second-order valence-corrected chi connectivity index (χ2v) is 11.2. The molecule has 15 heteroatoms. The molecule has 0 aliphatic heterocycles. The quantitative estimate of drug-likeness (QED) is 0.274. The van der Waals surface area contributed by atoms with Gasteiger partial charge in [0.05, 0.1) is 32.4 Å². The number of fused-ring (bicyclic) bond motifs is 1. The van der Waals surface area contributed by atoms with Gasteiger partial charge in [-0.05, 0) is 43.3 Å². The molecule has 0 saturated heterocycles. The van der Waals surface area contributed by atoms with E-state index in [0.29, 0.717) is 16.9 Å². The molecule has 0 aliphatic carbocycles. The first kappa shape index (κ1) is 28.1. The number of nitrogens with zero attached hydrogens (tertiary/aromatic N) is 5. The number of hydrogen-bond acceptors (Lipinski definition) is 8. The lowest BCUT2D eigenvalue weighted by Crippen LogP contribution is -2.26. The Labute approximate surface area is 242 Å². The number of carbonyl (C=O) groups excluding carboxylic acids is 1. The number of rotatable bonds is 7. The van der Waals surface area contributed by atoms with Gasteiger partial charge in [0, 0.05) is 7.05 Å². The molecule has 1 N–H and O–H groups in total. The van der Waals surface area contributed by atoms with E-state index in [1.54, 1.807) is 68.6 Å². The third-order valence-corrected chi connectivity index (χ3v) is 8.55. The summed E-state index contributed by atoms with van der Waals surface area (Å²) < 4.78 is 38.0. The number of benzene rings is 3. The molecule has 210 valence electrons. The Morgan fingerprint density at radius 2 is 1.68 bits per heavy atom. The molecule has 3 aromatic carbocycles. The Hall–Kier alpha value is -4.46. The third kappa shape index (κ3) is 5.22. The highest BCUT2D eigenvalue weighted by atomic mass is 35.5. The summed E-state index contributed by atoms with van der Waals surface area (Å²) in [5, 5.41) is 7.31. The molecular weight excluding hydrogens is 595 g/mol. The zero-order valence-corrected chi connectivity index (χ0v) is 23.7. The van der Waals surface area contributed by atoms with E-state index in [1.807, 2.05) is 0 Å². The number of aromatic nitrogens is 5. The van der Waals surface area contributed by atoms with Crippen molar-refractivity contribution in [3.8, 4) is 5.69 Å². The molecule has 0 bridgehead atoms. The van der Waals surface area contributed by atoms with E-state index in [9.17, 15) is 22.8 Å². The van der Waals surface area contributed by atoms with Crippen molar-refractivity contribution in [3.63, 3.8) is 0 Å². The molecule has 0 fully saturated rings. The summed E-state index contributed by atoms with van der Waals surface area (Å²) in [6.07, 6.45) is 0. The standard InChI is InChI=1S/C26H20Cl2N6O6S/c1-15-23(25(36)34(32(15)2)17-8-4-3-5-9-17)30-41(38,39)21-13-16(12-19(27)22(21)28)26(37)40-14-33-24(35)18-10-6-7-11-20(18)29-31-33/h3-13,30H,14H2,1-2H3. The van der Waals surface area contributed by atoms with Crippen molar-refractivity contribution in [2.75, 3.05) is 4.72 Å². The maximum Gasteiger partial charge on any atom is 0.340 e. The molecule has 0 radical (unpaired) electrons. The van der Waals surface area contributed by atoms with Crippen LogP contribution in [-0.2, 0) is 28.5 Å². The minimum atomic E-state index is -4.53. The van der Waals surface area contributed by atoms with Gasteiger partial charge in [0.15, 0.2) is 6.73 Å². The van der Waals surface area contributed by atoms with Gasteiger partial charge >= 0.3 is 5.97 Å². The van der Waals surface area contributed by atoms with Gasteiger partial charge in [-0.15, -0.1) is 5.10 Å². The lowest BCUT2D eigenvalue weighted by atomic mass is 10.2. The van der Waals surface area contributed by atoms with Crippen LogP contribution in [0.5, 0.6) is 0 Å². The Kier molecular flexibility index (Phi) is 7.43. The number of hydrogen-bond donors (Lipinski definition) is 1. The minimum Gasteiger partial charge on any atom is -0.439 e. The van der Waals surface area contributed by atoms with E-state index in [2.05, 4.69) is 15.0 Å². The van der Waals surface area contributed by atoms with E-state index in [-0.39, 0.29) is 26.7 Å². The van der Waals surface area contributed by atoms with Crippen LogP contribution in [0.1, 0.15) is 16.1 Å². The summed E-state index contributed by atoms with van der Waals surface area (Å²) >= 11 is 12.4. The van der Waals surface area contributed by atoms with Crippen LogP contribution in [0.25, 0.3) is 16.6 Å². The molecule has 2 aromatic heterocycles. The summed E-state index contributed by atoms with van der Waals surface area (Å²) in [5.41, 5.74) is -0.435. The average Bonchev–Trinajstić information content (AvgIpc) is 3.16. The number of ether oxygens (including phenoxy) is 1. The number of para-hydroxylation sites is 1. The van der Waals surface area contributed by atoms with Crippen LogP contribution in [0.2, 0.25) is 10.0 Å². The summed E-state index contributed by atoms with van der Waals surface area (Å²) in [4.78, 5) is 38.1. The van der Waals surface area contributed by atoms with Gasteiger partial charge in [0.25, 0.3) is 21.1 Å². The van der Waals surface area contributed by atoms with Crippen LogP contribution in [0.4, 0.5) is 5.69 Å². The van der Waals surface area contributed by atoms with Gasteiger partial charge in [0.1, 0.15) is 16.1 Å². The topological polar surface area (TPSA) is 147 Å². The van der Waals surface area contributed by atoms with Gasteiger partial charge in [-0.3, -0.25) is 19.0 Å². The molecule has 0 aliphatic rings. The fraction of sp³-hybridized carbons (Fsp3) is 0.115. The van der Waals surface area contributed by atoms with Gasteiger partial charge in [-0.1, -0.05) is 58.7 Å². The molecular formula is C26H20Cl2N6O6S. The number of carbonyl (C=O) groups is 1. The lowest BCUT2D eigenvalue weighted by Gasteiger charge is -2.12. The van der Waals surface area contributed by atoms with Crippen molar-refractivity contribution < 1.29 is 17.9 Å². The largest absolute Gasteiger partial charge is 0.439 e. The smallest absolute Gasteiger partial charge is 0.340 e. The molecule has 0 spiro atoms. The number of halogens is 2. The number of sulfonamides is 1. The molecule has 0 unspecified atom stereocenters. The molecule has 0 atom stereocenters. The van der Waals surface area contributed by atoms with E-state index in [1.165, 1.54) is 9.36 Å². The zero-order chi connectivity index (χ0) is 29.5. The molecule has 0 amide bonds. The Morgan fingerprint density at radius 1 is 1.00 bits per heavy atom. The van der Waals surface area contributed by atoms with Gasteiger partial charge in [-0.2, -0.15) is 4.68 Å². The number of nitrogens with one attached hydrogen (secondary N) is 1. The normalized spacial score (nSPS) is 11.5. The summed E-state index contributed by atoms with van der Waals surface area (Å²) in [6.45, 7) is 0.969. The van der Waals surface area contributed by atoms with Crippen molar-refractivity contribution in [3.05, 3.63) is 109 Å². The van der Waals surface area contributed by atoms with Crippen LogP contribution < -0.4 is 15.8 Å². The predicted molar refractivity (Wildman–Crippen MR) is 152 cm³/mol. The highest BCUT2D eigenvalue weighted by Gasteiger charge is 2.27. The fourth-order valence-corrected chi connectivity index (χ4v) is 5.99. The third-order valence-electron chi connectivity index (χ3n) is 6.26. The Balaban J connectivity index is 1.44. The fourth-order valence-electron chi connectivity index (χ4n) is 4.06. The van der Waals surface area contributed by atoms with Crippen molar-refractivity contribution in [1.29, 1.82) is 0 Å². The van der Waals surface area contributed by atoms with Crippen LogP contribution >= 0.6 is 23.2 Å². The molecule has 0 saturated carbocycles. The zero-order valence-electron chi connectivity index (χ0n) is 21.4. The maximum atomic E-state index is 13.4. The van der Waals surface area contributed by atoms with Crippen LogP contribution in [0.15, 0.2) is 81.2 Å². The molecule has 12 nitrogen and oxygen atoms in total. The van der Waals surface area contributed by atoms with Gasteiger partial charge < -0.3 is 4.74 Å².